The third kappa shape index (κ3) is 10.1. The number of ether oxygens (including phenoxy) is 7. The lowest BCUT2D eigenvalue weighted by Gasteiger charge is -2.43. The first-order valence-electron chi connectivity index (χ1n) is 16.5. The van der Waals surface area contributed by atoms with Crippen molar-refractivity contribution in [1.29, 1.82) is 0 Å². The summed E-state index contributed by atoms with van der Waals surface area (Å²) in [6, 6.07) is 29.4. The Kier molecular flexibility index (Phi) is 13.4. The fourth-order valence-corrected chi connectivity index (χ4v) is 5.23. The zero-order chi connectivity index (χ0) is 38.5. The lowest BCUT2D eigenvalue weighted by molar-refractivity contribution is -0.282. The van der Waals surface area contributed by atoms with Gasteiger partial charge in [-0.05, 0) is 48.5 Å². The quantitative estimate of drug-likeness (QED) is 0.149. The lowest BCUT2D eigenvalue weighted by Crippen LogP contribution is -2.64. The molecule has 4 aromatic carbocycles. The van der Waals surface area contributed by atoms with E-state index in [4.69, 9.17) is 28.4 Å². The average Bonchev–Trinajstić information content (AvgIpc) is 3.21. The molecule has 1 aliphatic rings. The summed E-state index contributed by atoms with van der Waals surface area (Å²) < 4.78 is 39.4. The minimum Gasteiger partial charge on any atom is -0.467 e. The lowest BCUT2D eigenvalue weighted by atomic mass is 9.97. The molecule has 0 spiro atoms. The van der Waals surface area contributed by atoms with Gasteiger partial charge in [-0.15, -0.1) is 0 Å². The fraction of sp³-hybridized carbons (Fsp3) is 0.231. The number of aliphatic hydroxyl groups is 1. The van der Waals surface area contributed by atoms with Crippen LogP contribution in [0.2, 0.25) is 0 Å². The van der Waals surface area contributed by atoms with Gasteiger partial charge in [0.05, 0.1) is 36.0 Å². The number of methoxy groups -OCH3 is 1. The molecule has 15 nitrogen and oxygen atoms in total. The number of hydrogen-bond donors (Lipinski definition) is 2. The minimum absolute atomic E-state index is 0.0385. The summed E-state index contributed by atoms with van der Waals surface area (Å²) in [6.07, 6.45) is -10.2. The summed E-state index contributed by atoms with van der Waals surface area (Å²) in [5.74, 6) is -4.68. The molecule has 4 aromatic rings. The predicted molar refractivity (Wildman–Crippen MR) is 185 cm³/mol. The van der Waals surface area contributed by atoms with Crippen LogP contribution in [0.4, 0.5) is 4.79 Å². The molecule has 15 heteroatoms. The number of carbonyl (C=O) groups is 6. The highest BCUT2D eigenvalue weighted by Gasteiger charge is 2.55. The largest absolute Gasteiger partial charge is 0.467 e. The number of nitrogens with one attached hydrogen (secondary N) is 1. The van der Waals surface area contributed by atoms with Crippen molar-refractivity contribution in [1.82, 2.24) is 5.32 Å². The molecular weight excluding hydrogens is 706 g/mol. The SMILES string of the molecule is COC(=O)[C@H](CO)NC(=O)O[C@@H]1O[C@H](COC(=O)c2ccccc2)[C@@H](OC(=O)c2ccccc2)[C@H](OC(=O)c2ccccc2)[C@H]1OC(=O)c1ccccc1. The van der Waals surface area contributed by atoms with Crippen LogP contribution < -0.4 is 5.32 Å². The van der Waals surface area contributed by atoms with E-state index in [2.05, 4.69) is 10.1 Å². The van der Waals surface area contributed by atoms with Crippen molar-refractivity contribution in [3.05, 3.63) is 144 Å². The Morgan fingerprint density at radius 2 is 1.00 bits per heavy atom. The molecule has 54 heavy (non-hydrogen) atoms. The highest BCUT2D eigenvalue weighted by Crippen LogP contribution is 2.32. The van der Waals surface area contributed by atoms with Gasteiger partial charge in [-0.2, -0.15) is 0 Å². The maximum absolute atomic E-state index is 13.7. The highest BCUT2D eigenvalue weighted by atomic mass is 16.8. The molecule has 1 amide bonds. The number of rotatable bonds is 13. The molecule has 1 aliphatic heterocycles. The predicted octanol–water partition coefficient (Wildman–Crippen LogP) is 3.51. The minimum atomic E-state index is -1.98. The second-order valence-electron chi connectivity index (χ2n) is 11.5. The van der Waals surface area contributed by atoms with Gasteiger partial charge in [0.1, 0.15) is 12.7 Å². The Balaban J connectivity index is 1.57. The number of hydrogen-bond acceptors (Lipinski definition) is 14. The van der Waals surface area contributed by atoms with Gasteiger partial charge in [-0.3, -0.25) is 0 Å². The van der Waals surface area contributed by atoms with Crippen LogP contribution in [0, 0.1) is 0 Å². The molecule has 2 N–H and O–H groups in total. The van der Waals surface area contributed by atoms with Crippen LogP contribution in [0.3, 0.4) is 0 Å². The Morgan fingerprint density at radius 3 is 1.43 bits per heavy atom. The van der Waals surface area contributed by atoms with Crippen molar-refractivity contribution < 1.29 is 67.0 Å². The molecule has 0 radical (unpaired) electrons. The van der Waals surface area contributed by atoms with Crippen LogP contribution in [-0.4, -0.2) is 98.1 Å². The third-order valence-corrected chi connectivity index (χ3v) is 7.92. The average molecular weight is 742 g/mol. The summed E-state index contributed by atoms with van der Waals surface area (Å²) in [5, 5.41) is 11.8. The number of amides is 1. The Morgan fingerprint density at radius 1 is 0.593 bits per heavy atom. The second kappa shape index (κ2) is 18.8. The first-order chi connectivity index (χ1) is 26.2. The summed E-state index contributed by atoms with van der Waals surface area (Å²) in [7, 11) is 1.03. The number of aliphatic hydroxyl groups excluding tert-OH is 1. The monoisotopic (exact) mass is 741 g/mol. The van der Waals surface area contributed by atoms with E-state index in [1.54, 1.807) is 72.8 Å². The molecule has 0 aromatic heterocycles. The van der Waals surface area contributed by atoms with Gasteiger partial charge in [0.15, 0.2) is 18.2 Å². The smallest absolute Gasteiger partial charge is 0.410 e. The van der Waals surface area contributed by atoms with Gasteiger partial charge in [0.25, 0.3) is 0 Å². The van der Waals surface area contributed by atoms with E-state index in [-0.39, 0.29) is 22.3 Å². The van der Waals surface area contributed by atoms with Crippen LogP contribution in [0.1, 0.15) is 41.4 Å². The van der Waals surface area contributed by atoms with E-state index in [1.165, 1.54) is 48.5 Å². The Bertz CT molecular complexity index is 1890. The molecule has 1 heterocycles. The second-order valence-corrected chi connectivity index (χ2v) is 11.5. The highest BCUT2D eigenvalue weighted by molar-refractivity contribution is 5.91. The zero-order valence-corrected chi connectivity index (χ0v) is 28.7. The van der Waals surface area contributed by atoms with Crippen LogP contribution in [-0.2, 0) is 38.0 Å². The molecule has 1 saturated heterocycles. The van der Waals surface area contributed by atoms with E-state index >= 15 is 0 Å². The molecule has 280 valence electrons. The van der Waals surface area contributed by atoms with Crippen LogP contribution in [0.25, 0.3) is 0 Å². The number of carbonyl (C=O) groups excluding carboxylic acids is 6. The number of benzene rings is 4. The van der Waals surface area contributed by atoms with E-state index in [0.29, 0.717) is 0 Å². The Labute approximate surface area is 308 Å². The van der Waals surface area contributed by atoms with Crippen molar-refractivity contribution in [2.24, 2.45) is 0 Å². The van der Waals surface area contributed by atoms with Crippen molar-refractivity contribution >= 4 is 35.9 Å². The van der Waals surface area contributed by atoms with Gasteiger partial charge in [-0.25, -0.2) is 28.8 Å². The summed E-state index contributed by atoms with van der Waals surface area (Å²) >= 11 is 0. The molecule has 0 unspecified atom stereocenters. The molecule has 0 bridgehead atoms. The van der Waals surface area contributed by atoms with Gasteiger partial charge in [0.2, 0.25) is 12.4 Å². The van der Waals surface area contributed by atoms with Crippen LogP contribution >= 0.6 is 0 Å². The van der Waals surface area contributed by atoms with Gasteiger partial charge >= 0.3 is 35.9 Å². The number of alkyl carbamates (subject to hydrolysis) is 1. The van der Waals surface area contributed by atoms with Crippen molar-refractivity contribution in [3.8, 4) is 0 Å². The maximum atomic E-state index is 13.7. The first-order valence-corrected chi connectivity index (χ1v) is 16.5. The van der Waals surface area contributed by atoms with Gasteiger partial charge in [0, 0.05) is 0 Å². The van der Waals surface area contributed by atoms with E-state index < -0.39 is 85.9 Å². The molecule has 1 fully saturated rings. The molecular formula is C39H35NO14. The van der Waals surface area contributed by atoms with Gasteiger partial charge in [-0.1, -0.05) is 72.8 Å². The fourth-order valence-electron chi connectivity index (χ4n) is 5.23. The van der Waals surface area contributed by atoms with Crippen molar-refractivity contribution in [2.75, 3.05) is 20.3 Å². The van der Waals surface area contributed by atoms with E-state index in [9.17, 15) is 33.9 Å². The van der Waals surface area contributed by atoms with E-state index in [0.717, 1.165) is 7.11 Å². The normalized spacial score (nSPS) is 19.6. The molecule has 0 aliphatic carbocycles. The maximum Gasteiger partial charge on any atom is 0.410 e. The third-order valence-electron chi connectivity index (χ3n) is 7.92. The summed E-state index contributed by atoms with van der Waals surface area (Å²) in [4.78, 5) is 79.2. The summed E-state index contributed by atoms with van der Waals surface area (Å²) in [6.45, 7) is -1.55. The number of esters is 5. The standard InChI is InChI=1S/C39H35NO14/c1-48-37(46)28(22-41)40-39(47)54-38-32(53-36(45)27-20-12-5-13-21-27)31(52-35(44)26-18-10-4-11-19-26)30(51-34(43)25-16-8-3-9-17-25)29(50-38)23-49-33(42)24-14-6-2-7-15-24/h2-21,28-32,38,41H,22-23H2,1H3,(H,40,47)/t28-,29+,30+,31-,32+,38-/m0/s1. The topological polar surface area (TPSA) is 199 Å². The van der Waals surface area contributed by atoms with E-state index in [1.807, 2.05) is 0 Å². The van der Waals surface area contributed by atoms with Crippen LogP contribution in [0.5, 0.6) is 0 Å². The molecule has 5 rings (SSSR count). The first kappa shape index (κ1) is 38.6. The van der Waals surface area contributed by atoms with Crippen LogP contribution in [0.15, 0.2) is 121 Å². The van der Waals surface area contributed by atoms with Crippen molar-refractivity contribution in [3.63, 3.8) is 0 Å². The Hall–Kier alpha value is -6.58. The van der Waals surface area contributed by atoms with Gasteiger partial charge < -0.3 is 43.6 Å². The molecule has 6 atom stereocenters. The zero-order valence-electron chi connectivity index (χ0n) is 28.7. The molecule has 0 saturated carbocycles. The summed E-state index contributed by atoms with van der Waals surface area (Å²) in [5.41, 5.74) is 0.338. The van der Waals surface area contributed by atoms with Crippen molar-refractivity contribution in [2.45, 2.75) is 36.7 Å².